The molecule has 1 aromatic heterocycles. The first-order valence-electron chi connectivity index (χ1n) is 10.6. The number of carbonyl (C=O) groups excluding carboxylic acids is 1. The number of aromatic nitrogens is 1. The Bertz CT molecular complexity index is 894. The lowest BCUT2D eigenvalue weighted by Gasteiger charge is -2.34. The molecule has 2 atom stereocenters. The summed E-state index contributed by atoms with van der Waals surface area (Å²) in [6, 6.07) is 8.35. The smallest absolute Gasteiger partial charge is 0.223 e. The number of hydrogen-bond donors (Lipinski definition) is 1. The van der Waals surface area contributed by atoms with E-state index in [1.54, 1.807) is 0 Å². The number of halogens is 1. The molecular weight excluding hydrogens is 367 g/mol. The maximum atomic E-state index is 15.0. The molecule has 2 aliphatic heterocycles. The van der Waals surface area contributed by atoms with E-state index in [0.29, 0.717) is 31.8 Å². The first-order chi connectivity index (χ1) is 13.8. The third-order valence-corrected chi connectivity index (χ3v) is 6.61. The molecule has 29 heavy (non-hydrogen) atoms. The highest BCUT2D eigenvalue weighted by atomic mass is 19.1. The predicted octanol–water partition coefficient (Wildman–Crippen LogP) is 3.31. The normalized spacial score (nSPS) is 24.8. The number of piperidine rings is 1. The summed E-state index contributed by atoms with van der Waals surface area (Å²) in [7, 11) is 2.00. The van der Waals surface area contributed by atoms with Gasteiger partial charge in [0.05, 0.1) is 18.0 Å². The average molecular weight is 399 g/mol. The Hall–Kier alpha value is -2.21. The molecule has 0 aliphatic carbocycles. The number of nitrogens with zero attached hydrogens (tertiary/aromatic N) is 3. The van der Waals surface area contributed by atoms with Crippen LogP contribution in [0, 0.1) is 12.8 Å². The Morgan fingerprint density at radius 1 is 1.28 bits per heavy atom. The van der Waals surface area contributed by atoms with Crippen molar-refractivity contribution in [1.82, 2.24) is 15.2 Å². The van der Waals surface area contributed by atoms with Crippen LogP contribution in [0.3, 0.4) is 0 Å². The largest absolute Gasteiger partial charge is 0.369 e. The van der Waals surface area contributed by atoms with Gasteiger partial charge in [0.1, 0.15) is 5.67 Å². The van der Waals surface area contributed by atoms with Crippen LogP contribution in [-0.2, 0) is 4.79 Å². The number of carbonyl (C=O) groups is 1. The van der Waals surface area contributed by atoms with Crippen molar-refractivity contribution in [2.24, 2.45) is 5.92 Å². The Labute approximate surface area is 172 Å². The van der Waals surface area contributed by atoms with Crippen molar-refractivity contribution in [2.75, 3.05) is 38.1 Å². The molecule has 0 bridgehead atoms. The van der Waals surface area contributed by atoms with Crippen LogP contribution in [0.5, 0.6) is 0 Å². The Morgan fingerprint density at radius 3 is 2.79 bits per heavy atom. The number of likely N-dealkylation sites (tertiary alicyclic amines) is 1. The zero-order chi connectivity index (χ0) is 20.6. The minimum atomic E-state index is -1.36. The zero-order valence-corrected chi connectivity index (χ0v) is 17.6. The summed E-state index contributed by atoms with van der Waals surface area (Å²) >= 11 is 0. The highest BCUT2D eigenvalue weighted by molar-refractivity contribution is 5.94. The molecule has 156 valence electrons. The van der Waals surface area contributed by atoms with E-state index in [2.05, 4.69) is 52.1 Å². The number of anilines is 1. The minimum Gasteiger partial charge on any atom is -0.369 e. The summed E-state index contributed by atoms with van der Waals surface area (Å²) in [6.45, 7) is 7.26. The lowest BCUT2D eigenvalue weighted by atomic mass is 9.89. The Kier molecular flexibility index (Phi) is 5.47. The second-order valence-electron chi connectivity index (χ2n) is 8.99. The molecule has 1 amide bonds. The molecule has 1 aromatic carbocycles. The number of amides is 1. The highest BCUT2D eigenvalue weighted by Gasteiger charge is 2.38. The van der Waals surface area contributed by atoms with Gasteiger partial charge < -0.3 is 15.1 Å². The van der Waals surface area contributed by atoms with Crippen LogP contribution >= 0.6 is 0 Å². The van der Waals surface area contributed by atoms with Crippen molar-refractivity contribution in [2.45, 2.75) is 44.8 Å². The predicted molar refractivity (Wildman–Crippen MR) is 115 cm³/mol. The number of aryl methyl sites for hydroxylation is 1. The van der Waals surface area contributed by atoms with E-state index in [4.69, 9.17) is 0 Å². The zero-order valence-electron chi connectivity index (χ0n) is 17.6. The van der Waals surface area contributed by atoms with Gasteiger partial charge in [-0.15, -0.1) is 0 Å². The summed E-state index contributed by atoms with van der Waals surface area (Å²) in [5, 5.41) is 4.26. The van der Waals surface area contributed by atoms with E-state index in [0.717, 1.165) is 35.2 Å². The molecular formula is C23H31FN4O. The molecule has 1 N–H and O–H groups in total. The number of hydrogen-bond acceptors (Lipinski definition) is 4. The molecule has 6 heteroatoms. The van der Waals surface area contributed by atoms with Crippen LogP contribution in [0.1, 0.15) is 31.7 Å². The SMILES string of the molecule is Cc1ccc(N2C[C@@H](C)[C@@H](NC(=O)CC3(F)CCN(C)CC3)C2)c2cccnc12. The van der Waals surface area contributed by atoms with Crippen LogP contribution in [0.15, 0.2) is 30.5 Å². The molecule has 2 aromatic rings. The molecule has 5 nitrogen and oxygen atoms in total. The summed E-state index contributed by atoms with van der Waals surface area (Å²) in [4.78, 5) is 21.6. The summed E-state index contributed by atoms with van der Waals surface area (Å²) in [5.74, 6) is 0.145. The van der Waals surface area contributed by atoms with Crippen molar-refractivity contribution in [3.63, 3.8) is 0 Å². The van der Waals surface area contributed by atoms with Crippen molar-refractivity contribution in [3.05, 3.63) is 36.0 Å². The molecule has 4 rings (SSSR count). The molecule has 0 unspecified atom stereocenters. The molecule has 0 saturated carbocycles. The van der Waals surface area contributed by atoms with Crippen LogP contribution in [0.2, 0.25) is 0 Å². The Morgan fingerprint density at radius 2 is 2.03 bits per heavy atom. The maximum absolute atomic E-state index is 15.0. The van der Waals surface area contributed by atoms with Gasteiger partial charge in [0, 0.05) is 43.4 Å². The van der Waals surface area contributed by atoms with Gasteiger partial charge in [0.15, 0.2) is 0 Å². The van der Waals surface area contributed by atoms with E-state index >= 15 is 4.39 Å². The Balaban J connectivity index is 1.43. The standard InChI is InChI=1S/C23H31FN4O/c1-16-6-7-20(18-5-4-10-25-22(16)18)28-14-17(2)19(15-28)26-21(29)13-23(24)8-11-27(3)12-9-23/h4-7,10,17,19H,8-9,11-15H2,1-3H3,(H,26,29)/t17-,19+/m1/s1. The quantitative estimate of drug-likeness (QED) is 0.859. The number of fused-ring (bicyclic) bond motifs is 1. The molecule has 3 heterocycles. The van der Waals surface area contributed by atoms with Gasteiger partial charge in [0.2, 0.25) is 5.91 Å². The van der Waals surface area contributed by atoms with E-state index in [-0.39, 0.29) is 18.4 Å². The molecule has 2 fully saturated rings. The monoisotopic (exact) mass is 398 g/mol. The fraction of sp³-hybridized carbons (Fsp3) is 0.565. The lowest BCUT2D eigenvalue weighted by Crippen LogP contribution is -2.46. The topological polar surface area (TPSA) is 48.5 Å². The van der Waals surface area contributed by atoms with Gasteiger partial charge in [-0.05, 0) is 56.5 Å². The molecule has 0 radical (unpaired) electrons. The third-order valence-electron chi connectivity index (χ3n) is 6.61. The number of nitrogens with one attached hydrogen (secondary N) is 1. The summed E-state index contributed by atoms with van der Waals surface area (Å²) < 4.78 is 15.0. The maximum Gasteiger partial charge on any atom is 0.223 e. The van der Waals surface area contributed by atoms with E-state index in [1.165, 1.54) is 0 Å². The highest BCUT2D eigenvalue weighted by Crippen LogP contribution is 2.33. The van der Waals surface area contributed by atoms with Crippen LogP contribution in [0.25, 0.3) is 10.9 Å². The van der Waals surface area contributed by atoms with Gasteiger partial charge in [-0.1, -0.05) is 13.0 Å². The number of pyridine rings is 1. The van der Waals surface area contributed by atoms with Gasteiger partial charge in [-0.3, -0.25) is 9.78 Å². The van der Waals surface area contributed by atoms with Crippen LogP contribution in [0.4, 0.5) is 10.1 Å². The van der Waals surface area contributed by atoms with E-state index < -0.39 is 5.67 Å². The van der Waals surface area contributed by atoms with Crippen LogP contribution in [-0.4, -0.2) is 60.7 Å². The number of alkyl halides is 1. The van der Waals surface area contributed by atoms with Crippen molar-refractivity contribution in [3.8, 4) is 0 Å². The van der Waals surface area contributed by atoms with Crippen molar-refractivity contribution < 1.29 is 9.18 Å². The average Bonchev–Trinajstić information content (AvgIpc) is 3.05. The van der Waals surface area contributed by atoms with Gasteiger partial charge in [-0.25, -0.2) is 4.39 Å². The summed E-state index contributed by atoms with van der Waals surface area (Å²) in [6.07, 6.45) is 2.67. The van der Waals surface area contributed by atoms with Crippen molar-refractivity contribution >= 4 is 22.5 Å². The van der Waals surface area contributed by atoms with Crippen molar-refractivity contribution in [1.29, 1.82) is 0 Å². The minimum absolute atomic E-state index is 0.0263. The van der Waals surface area contributed by atoms with Crippen LogP contribution < -0.4 is 10.2 Å². The second-order valence-corrected chi connectivity index (χ2v) is 8.99. The molecule has 2 aliphatic rings. The number of benzene rings is 1. The van der Waals surface area contributed by atoms with Gasteiger partial charge in [0.25, 0.3) is 0 Å². The van der Waals surface area contributed by atoms with Gasteiger partial charge in [-0.2, -0.15) is 0 Å². The number of rotatable bonds is 4. The van der Waals surface area contributed by atoms with E-state index in [9.17, 15) is 4.79 Å². The summed E-state index contributed by atoms with van der Waals surface area (Å²) in [5.41, 5.74) is 1.97. The third kappa shape index (κ3) is 4.22. The molecule has 0 spiro atoms. The fourth-order valence-corrected chi connectivity index (χ4v) is 4.67. The lowest BCUT2D eigenvalue weighted by molar-refractivity contribution is -0.125. The van der Waals surface area contributed by atoms with Gasteiger partial charge >= 0.3 is 0 Å². The van der Waals surface area contributed by atoms with E-state index in [1.807, 2.05) is 19.3 Å². The first kappa shape index (κ1) is 20.1. The second kappa shape index (κ2) is 7.90. The fourth-order valence-electron chi connectivity index (χ4n) is 4.67. The molecule has 2 saturated heterocycles. The first-order valence-corrected chi connectivity index (χ1v) is 10.6.